The average Bonchev–Trinajstić information content (AvgIpc) is 2.55. The van der Waals surface area contributed by atoms with Crippen molar-refractivity contribution >= 4 is 27.5 Å². The number of primary amides is 2. The van der Waals surface area contributed by atoms with Crippen molar-refractivity contribution in [3.05, 3.63) is 53.1 Å². The van der Waals surface area contributed by atoms with Crippen LogP contribution in [0.4, 0.5) is 5.69 Å². The number of anilines is 1. The van der Waals surface area contributed by atoms with Crippen molar-refractivity contribution in [2.45, 2.75) is 11.8 Å². The number of sulfonamides is 1. The van der Waals surface area contributed by atoms with Crippen LogP contribution in [0.15, 0.2) is 41.3 Å². The Morgan fingerprint density at radius 2 is 1.72 bits per heavy atom. The molecule has 0 aliphatic rings. The number of nitrogens with two attached hydrogens (primary N) is 2. The van der Waals surface area contributed by atoms with Gasteiger partial charge in [-0.1, -0.05) is 6.07 Å². The van der Waals surface area contributed by atoms with Gasteiger partial charge in [0.25, 0.3) is 15.9 Å². The summed E-state index contributed by atoms with van der Waals surface area (Å²) < 4.78 is 32.5. The number of benzene rings is 2. The van der Waals surface area contributed by atoms with Crippen molar-refractivity contribution < 1.29 is 22.7 Å². The third-order valence-corrected chi connectivity index (χ3v) is 4.88. The van der Waals surface area contributed by atoms with Gasteiger partial charge < -0.3 is 16.2 Å². The van der Waals surface area contributed by atoms with Crippen molar-refractivity contribution in [2.75, 3.05) is 11.8 Å². The number of rotatable bonds is 6. The summed E-state index contributed by atoms with van der Waals surface area (Å²) in [6.45, 7) is 1.67. The Morgan fingerprint density at radius 1 is 1.04 bits per heavy atom. The quantitative estimate of drug-likeness (QED) is 0.702. The van der Waals surface area contributed by atoms with Crippen LogP contribution >= 0.6 is 0 Å². The van der Waals surface area contributed by atoms with Gasteiger partial charge in [-0.3, -0.25) is 14.3 Å². The van der Waals surface area contributed by atoms with Crippen LogP contribution in [0.5, 0.6) is 5.75 Å². The van der Waals surface area contributed by atoms with E-state index in [1.807, 2.05) is 0 Å². The second-order valence-electron chi connectivity index (χ2n) is 5.23. The van der Waals surface area contributed by atoms with Gasteiger partial charge in [0, 0.05) is 5.56 Å². The Hall–Kier alpha value is -3.07. The maximum atomic E-state index is 12.6. The van der Waals surface area contributed by atoms with Crippen LogP contribution in [0.1, 0.15) is 26.3 Å². The minimum atomic E-state index is -4.02. The molecule has 2 rings (SSSR count). The van der Waals surface area contributed by atoms with Gasteiger partial charge in [0.05, 0.1) is 23.3 Å². The smallest absolute Gasteiger partial charge is 0.261 e. The topological polar surface area (TPSA) is 142 Å². The van der Waals surface area contributed by atoms with E-state index in [0.29, 0.717) is 5.56 Å². The maximum absolute atomic E-state index is 12.6. The van der Waals surface area contributed by atoms with Gasteiger partial charge in [-0.05, 0) is 42.8 Å². The zero-order chi connectivity index (χ0) is 18.8. The molecule has 132 valence electrons. The monoisotopic (exact) mass is 363 g/mol. The highest BCUT2D eigenvalue weighted by atomic mass is 32.2. The third-order valence-electron chi connectivity index (χ3n) is 3.51. The molecular formula is C16H17N3O5S. The Morgan fingerprint density at radius 3 is 2.28 bits per heavy atom. The molecule has 5 N–H and O–H groups in total. The normalized spacial score (nSPS) is 11.0. The Balaban J connectivity index is 2.47. The summed E-state index contributed by atoms with van der Waals surface area (Å²) >= 11 is 0. The summed E-state index contributed by atoms with van der Waals surface area (Å²) in [5.41, 5.74) is 11.4. The van der Waals surface area contributed by atoms with E-state index in [1.165, 1.54) is 31.4 Å². The molecule has 0 bridgehead atoms. The van der Waals surface area contributed by atoms with E-state index in [1.54, 1.807) is 13.0 Å². The van der Waals surface area contributed by atoms with Crippen molar-refractivity contribution in [3.8, 4) is 5.75 Å². The molecule has 0 unspecified atom stereocenters. The Kier molecular flexibility index (Phi) is 4.98. The Labute approximate surface area is 144 Å². The number of carbonyl (C=O) groups excluding carboxylic acids is 2. The van der Waals surface area contributed by atoms with E-state index >= 15 is 0 Å². The van der Waals surface area contributed by atoms with Crippen molar-refractivity contribution in [2.24, 2.45) is 11.5 Å². The standard InChI is InChI=1S/C16H17N3O5S/c1-9-3-4-10(15(17)20)7-13(9)19-25(22,23)11-5-6-14(24-2)12(8-11)16(18)21/h3-8,19H,1-2H3,(H2,17,20)(H2,18,21). The van der Waals surface area contributed by atoms with Crippen LogP contribution in [-0.4, -0.2) is 27.3 Å². The number of ether oxygens (including phenoxy) is 1. The molecule has 8 nitrogen and oxygen atoms in total. The Bertz CT molecular complexity index is 954. The summed E-state index contributed by atoms with van der Waals surface area (Å²) in [6, 6.07) is 8.14. The number of amides is 2. The summed E-state index contributed by atoms with van der Waals surface area (Å²) in [7, 11) is -2.68. The molecule has 9 heteroatoms. The molecule has 0 saturated carbocycles. The molecule has 0 aliphatic heterocycles. The lowest BCUT2D eigenvalue weighted by atomic mass is 10.1. The van der Waals surface area contributed by atoms with Crippen LogP contribution in [0.3, 0.4) is 0 Å². The fourth-order valence-electron chi connectivity index (χ4n) is 2.14. The maximum Gasteiger partial charge on any atom is 0.261 e. The first-order chi connectivity index (χ1) is 11.7. The molecule has 0 radical (unpaired) electrons. The largest absolute Gasteiger partial charge is 0.496 e. The minimum Gasteiger partial charge on any atom is -0.496 e. The highest BCUT2D eigenvalue weighted by molar-refractivity contribution is 7.92. The van der Waals surface area contributed by atoms with E-state index < -0.39 is 21.8 Å². The summed E-state index contributed by atoms with van der Waals surface area (Å²) in [5.74, 6) is -1.33. The second kappa shape index (κ2) is 6.81. The van der Waals surface area contributed by atoms with Crippen molar-refractivity contribution in [3.63, 3.8) is 0 Å². The van der Waals surface area contributed by atoms with Crippen LogP contribution in [0.25, 0.3) is 0 Å². The molecule has 0 aromatic heterocycles. The van der Waals surface area contributed by atoms with Crippen LogP contribution in [-0.2, 0) is 10.0 Å². The summed E-state index contributed by atoms with van der Waals surface area (Å²) in [4.78, 5) is 22.6. The molecule has 25 heavy (non-hydrogen) atoms. The van der Waals surface area contributed by atoms with Crippen LogP contribution < -0.4 is 20.9 Å². The zero-order valence-electron chi connectivity index (χ0n) is 13.6. The fraction of sp³-hybridized carbons (Fsp3) is 0.125. The SMILES string of the molecule is COc1ccc(S(=O)(=O)Nc2cc(C(N)=O)ccc2C)cc1C(N)=O. The number of nitrogens with one attached hydrogen (secondary N) is 1. The molecule has 0 heterocycles. The van der Waals surface area contributed by atoms with Gasteiger partial charge in [-0.2, -0.15) is 0 Å². The van der Waals surface area contributed by atoms with Crippen LogP contribution in [0.2, 0.25) is 0 Å². The van der Waals surface area contributed by atoms with Gasteiger partial charge in [-0.25, -0.2) is 8.42 Å². The average molecular weight is 363 g/mol. The molecule has 2 amide bonds. The lowest BCUT2D eigenvalue weighted by Gasteiger charge is -2.13. The van der Waals surface area contributed by atoms with E-state index in [0.717, 1.165) is 6.07 Å². The van der Waals surface area contributed by atoms with Gasteiger partial charge >= 0.3 is 0 Å². The lowest BCUT2D eigenvalue weighted by molar-refractivity contribution is 0.0990. The minimum absolute atomic E-state index is 0.0621. The van der Waals surface area contributed by atoms with Crippen molar-refractivity contribution in [1.82, 2.24) is 0 Å². The van der Waals surface area contributed by atoms with E-state index in [-0.39, 0.29) is 27.5 Å². The highest BCUT2D eigenvalue weighted by Crippen LogP contribution is 2.25. The molecule has 0 fully saturated rings. The first kappa shape index (κ1) is 18.3. The van der Waals surface area contributed by atoms with Crippen LogP contribution in [0, 0.1) is 6.92 Å². The van der Waals surface area contributed by atoms with E-state index in [2.05, 4.69) is 4.72 Å². The lowest BCUT2D eigenvalue weighted by Crippen LogP contribution is -2.18. The van der Waals surface area contributed by atoms with E-state index in [4.69, 9.17) is 16.2 Å². The summed E-state index contributed by atoms with van der Waals surface area (Å²) in [6.07, 6.45) is 0. The fourth-order valence-corrected chi connectivity index (χ4v) is 3.28. The summed E-state index contributed by atoms with van der Waals surface area (Å²) in [5, 5.41) is 0. The molecule has 0 atom stereocenters. The van der Waals surface area contributed by atoms with Gasteiger partial charge in [0.1, 0.15) is 5.75 Å². The predicted molar refractivity (Wildman–Crippen MR) is 92.0 cm³/mol. The van der Waals surface area contributed by atoms with Crippen molar-refractivity contribution in [1.29, 1.82) is 0 Å². The number of methoxy groups -OCH3 is 1. The van der Waals surface area contributed by atoms with Gasteiger partial charge in [-0.15, -0.1) is 0 Å². The van der Waals surface area contributed by atoms with E-state index in [9.17, 15) is 18.0 Å². The first-order valence-corrected chi connectivity index (χ1v) is 8.55. The number of carbonyl (C=O) groups is 2. The second-order valence-corrected chi connectivity index (χ2v) is 6.91. The van der Waals surface area contributed by atoms with Gasteiger partial charge in [0.15, 0.2) is 0 Å². The molecule has 0 aliphatic carbocycles. The number of hydrogen-bond donors (Lipinski definition) is 3. The predicted octanol–water partition coefficient (Wildman–Crippen LogP) is 1.00. The molecule has 0 saturated heterocycles. The number of aryl methyl sites for hydroxylation is 1. The van der Waals surface area contributed by atoms with Gasteiger partial charge in [0.2, 0.25) is 5.91 Å². The number of hydrogen-bond acceptors (Lipinski definition) is 5. The highest BCUT2D eigenvalue weighted by Gasteiger charge is 2.20. The first-order valence-electron chi connectivity index (χ1n) is 7.07. The molecular weight excluding hydrogens is 346 g/mol. The zero-order valence-corrected chi connectivity index (χ0v) is 14.4. The third kappa shape index (κ3) is 3.89. The molecule has 0 spiro atoms. The molecule has 2 aromatic rings. The molecule has 2 aromatic carbocycles.